The largest absolute Gasteiger partial charge is 0.478 e. The van der Waals surface area contributed by atoms with E-state index < -0.39 is 11.8 Å². The molecule has 0 saturated carbocycles. The molecule has 1 aromatic heterocycles. The molecule has 0 atom stereocenters. The van der Waals surface area contributed by atoms with Crippen LogP contribution in [0.2, 0.25) is 0 Å². The minimum atomic E-state index is -1.15. The summed E-state index contributed by atoms with van der Waals surface area (Å²) in [6.07, 6.45) is 1.35. The standard InChI is InChI=1S/C13H11BrFN3O2/c1-6-2-10(15)9(14)4-11(6)18-12-8(13(19)20)3-7(16)5-17-12/h2-5H,16H2,1H3,(H,17,18)(H,19,20). The maximum absolute atomic E-state index is 13.4. The molecule has 0 unspecified atom stereocenters. The summed E-state index contributed by atoms with van der Waals surface area (Å²) in [7, 11) is 0. The van der Waals surface area contributed by atoms with Crippen molar-refractivity contribution in [2.45, 2.75) is 6.92 Å². The lowest BCUT2D eigenvalue weighted by Gasteiger charge is -2.12. The first-order valence-corrected chi connectivity index (χ1v) is 6.39. The molecule has 2 rings (SSSR count). The second-order valence-electron chi connectivity index (χ2n) is 4.18. The molecule has 1 aromatic carbocycles. The van der Waals surface area contributed by atoms with E-state index in [1.54, 1.807) is 6.92 Å². The van der Waals surface area contributed by atoms with Gasteiger partial charge in [0.1, 0.15) is 17.2 Å². The van der Waals surface area contributed by atoms with Crippen LogP contribution in [-0.2, 0) is 0 Å². The van der Waals surface area contributed by atoms with E-state index in [1.807, 2.05) is 0 Å². The Kier molecular flexibility index (Phi) is 3.89. The molecule has 0 aliphatic heterocycles. The van der Waals surface area contributed by atoms with E-state index in [0.717, 1.165) is 0 Å². The van der Waals surface area contributed by atoms with Crippen molar-refractivity contribution in [1.29, 1.82) is 0 Å². The van der Waals surface area contributed by atoms with Gasteiger partial charge in [-0.1, -0.05) is 0 Å². The Labute approximate surface area is 122 Å². The molecule has 1 heterocycles. The molecule has 4 N–H and O–H groups in total. The van der Waals surface area contributed by atoms with E-state index >= 15 is 0 Å². The van der Waals surface area contributed by atoms with E-state index in [1.165, 1.54) is 24.4 Å². The monoisotopic (exact) mass is 339 g/mol. The molecule has 0 spiro atoms. The molecule has 0 saturated heterocycles. The van der Waals surface area contributed by atoms with Gasteiger partial charge in [0.05, 0.1) is 16.4 Å². The van der Waals surface area contributed by atoms with Gasteiger partial charge < -0.3 is 16.2 Å². The number of aromatic nitrogens is 1. The summed E-state index contributed by atoms with van der Waals surface area (Å²) >= 11 is 3.08. The summed E-state index contributed by atoms with van der Waals surface area (Å²) in [6.45, 7) is 1.70. The molecule has 0 bridgehead atoms. The number of nitrogens with zero attached hydrogens (tertiary/aromatic N) is 1. The zero-order valence-corrected chi connectivity index (χ0v) is 12.0. The number of aryl methyl sites for hydroxylation is 1. The number of pyridine rings is 1. The van der Waals surface area contributed by atoms with Crippen LogP contribution < -0.4 is 11.1 Å². The lowest BCUT2D eigenvalue weighted by atomic mass is 10.2. The summed E-state index contributed by atoms with van der Waals surface area (Å²) < 4.78 is 13.6. The van der Waals surface area contributed by atoms with Crippen LogP contribution in [-0.4, -0.2) is 16.1 Å². The number of carboxylic acids is 1. The third-order valence-electron chi connectivity index (χ3n) is 2.66. The first kappa shape index (κ1) is 14.3. The van der Waals surface area contributed by atoms with Gasteiger partial charge in [0.15, 0.2) is 0 Å². The summed E-state index contributed by atoms with van der Waals surface area (Å²) in [5.74, 6) is -1.39. The van der Waals surface area contributed by atoms with Gasteiger partial charge in [-0.05, 0) is 46.6 Å². The molecule has 20 heavy (non-hydrogen) atoms. The molecule has 0 aliphatic carbocycles. The smallest absolute Gasteiger partial charge is 0.339 e. The van der Waals surface area contributed by atoms with Crippen LogP contribution in [0.25, 0.3) is 0 Å². The van der Waals surface area contributed by atoms with Crippen molar-refractivity contribution in [1.82, 2.24) is 4.98 Å². The summed E-state index contributed by atoms with van der Waals surface area (Å²) in [5, 5.41) is 12.0. The summed E-state index contributed by atoms with van der Waals surface area (Å²) in [5.41, 5.74) is 6.90. The molecule has 7 heteroatoms. The highest BCUT2D eigenvalue weighted by Gasteiger charge is 2.14. The van der Waals surface area contributed by atoms with Crippen LogP contribution in [0.4, 0.5) is 21.6 Å². The molecule has 5 nitrogen and oxygen atoms in total. The van der Waals surface area contributed by atoms with Gasteiger partial charge in [-0.2, -0.15) is 0 Å². The number of halogens is 2. The minimum Gasteiger partial charge on any atom is -0.478 e. The predicted molar refractivity (Wildman–Crippen MR) is 77.7 cm³/mol. The second-order valence-corrected chi connectivity index (χ2v) is 5.03. The minimum absolute atomic E-state index is 0.0511. The molecular formula is C13H11BrFN3O2. The molecule has 0 radical (unpaired) electrons. The van der Waals surface area contributed by atoms with Crippen LogP contribution in [0, 0.1) is 12.7 Å². The highest BCUT2D eigenvalue weighted by Crippen LogP contribution is 2.28. The molecular weight excluding hydrogens is 329 g/mol. The van der Waals surface area contributed by atoms with Crippen molar-refractivity contribution in [2.24, 2.45) is 0 Å². The van der Waals surface area contributed by atoms with E-state index in [4.69, 9.17) is 10.8 Å². The van der Waals surface area contributed by atoms with Gasteiger partial charge in [0, 0.05) is 5.69 Å². The highest BCUT2D eigenvalue weighted by atomic mass is 79.9. The second kappa shape index (κ2) is 5.46. The van der Waals surface area contributed by atoms with Gasteiger partial charge >= 0.3 is 5.97 Å². The maximum Gasteiger partial charge on any atom is 0.339 e. The number of nitrogens with one attached hydrogen (secondary N) is 1. The van der Waals surface area contributed by atoms with Crippen molar-refractivity contribution in [3.8, 4) is 0 Å². The number of nitrogens with two attached hydrogens (primary N) is 1. The molecule has 0 fully saturated rings. The first-order valence-electron chi connectivity index (χ1n) is 5.60. The number of anilines is 3. The summed E-state index contributed by atoms with van der Waals surface area (Å²) in [4.78, 5) is 15.1. The first-order chi connectivity index (χ1) is 9.38. The fourth-order valence-electron chi connectivity index (χ4n) is 1.65. The number of hydrogen-bond donors (Lipinski definition) is 3. The van der Waals surface area contributed by atoms with Gasteiger partial charge in [-0.25, -0.2) is 14.2 Å². The Morgan fingerprint density at radius 1 is 1.45 bits per heavy atom. The number of rotatable bonds is 3. The Morgan fingerprint density at radius 3 is 2.80 bits per heavy atom. The van der Waals surface area contributed by atoms with E-state index in [-0.39, 0.29) is 21.5 Å². The van der Waals surface area contributed by atoms with Gasteiger partial charge in [-0.3, -0.25) is 0 Å². The van der Waals surface area contributed by atoms with Gasteiger partial charge in [-0.15, -0.1) is 0 Å². The van der Waals surface area contributed by atoms with E-state index in [0.29, 0.717) is 11.3 Å². The van der Waals surface area contributed by atoms with Crippen molar-refractivity contribution < 1.29 is 14.3 Å². The van der Waals surface area contributed by atoms with Crippen molar-refractivity contribution >= 4 is 39.1 Å². The topological polar surface area (TPSA) is 88.2 Å². The molecule has 2 aromatic rings. The predicted octanol–water partition coefficient (Wildman–Crippen LogP) is 3.32. The molecule has 0 amide bonds. The zero-order chi connectivity index (χ0) is 14.9. The summed E-state index contributed by atoms with van der Waals surface area (Å²) in [6, 6.07) is 4.17. The van der Waals surface area contributed by atoms with Crippen LogP contribution in [0.3, 0.4) is 0 Å². The number of nitrogen functional groups attached to an aromatic ring is 1. The van der Waals surface area contributed by atoms with Crippen LogP contribution in [0.15, 0.2) is 28.9 Å². The fourth-order valence-corrected chi connectivity index (χ4v) is 2.00. The number of carboxylic acid groups (broad SMARTS) is 1. The molecule has 104 valence electrons. The maximum atomic E-state index is 13.4. The molecule has 0 aliphatic rings. The van der Waals surface area contributed by atoms with Crippen LogP contribution in [0.1, 0.15) is 15.9 Å². The number of benzene rings is 1. The lowest BCUT2D eigenvalue weighted by Crippen LogP contribution is -2.07. The fraction of sp³-hybridized carbons (Fsp3) is 0.0769. The Morgan fingerprint density at radius 2 is 2.15 bits per heavy atom. The van der Waals surface area contributed by atoms with Gasteiger partial charge in [0.25, 0.3) is 0 Å². The van der Waals surface area contributed by atoms with Crippen LogP contribution in [0.5, 0.6) is 0 Å². The van der Waals surface area contributed by atoms with Crippen molar-refractivity contribution in [3.05, 3.63) is 45.8 Å². The lowest BCUT2D eigenvalue weighted by molar-refractivity contribution is 0.0697. The number of carbonyl (C=O) groups is 1. The number of hydrogen-bond acceptors (Lipinski definition) is 4. The average molecular weight is 340 g/mol. The Hall–Kier alpha value is -2.15. The van der Waals surface area contributed by atoms with Crippen LogP contribution >= 0.6 is 15.9 Å². The van der Waals surface area contributed by atoms with E-state index in [9.17, 15) is 9.18 Å². The number of aromatic carboxylic acids is 1. The van der Waals surface area contributed by atoms with Crippen molar-refractivity contribution in [2.75, 3.05) is 11.1 Å². The third kappa shape index (κ3) is 2.88. The Bertz CT molecular complexity index is 692. The zero-order valence-electron chi connectivity index (χ0n) is 10.4. The normalized spacial score (nSPS) is 10.3. The SMILES string of the molecule is Cc1cc(F)c(Br)cc1Nc1ncc(N)cc1C(=O)O. The van der Waals surface area contributed by atoms with E-state index in [2.05, 4.69) is 26.2 Å². The third-order valence-corrected chi connectivity index (χ3v) is 3.27. The van der Waals surface area contributed by atoms with Gasteiger partial charge in [0.2, 0.25) is 0 Å². The quantitative estimate of drug-likeness (QED) is 0.798. The van der Waals surface area contributed by atoms with Crippen molar-refractivity contribution in [3.63, 3.8) is 0 Å². The average Bonchev–Trinajstić information content (AvgIpc) is 2.37. The Balaban J connectivity index is 2.45. The highest BCUT2D eigenvalue weighted by molar-refractivity contribution is 9.10.